The quantitative estimate of drug-likeness (QED) is 0.399. The van der Waals surface area contributed by atoms with Gasteiger partial charge in [0.05, 0.1) is 10.3 Å². The third-order valence-electron chi connectivity index (χ3n) is 5.35. The van der Waals surface area contributed by atoms with Crippen molar-refractivity contribution in [3.63, 3.8) is 0 Å². The summed E-state index contributed by atoms with van der Waals surface area (Å²) in [5.74, 6) is -0.291. The molecule has 2 N–H and O–H groups in total. The number of hydrogen-bond donors (Lipinski definition) is 2. The van der Waals surface area contributed by atoms with Crippen LogP contribution in [0.5, 0.6) is 0 Å². The number of rotatable bonds is 7. The predicted molar refractivity (Wildman–Crippen MR) is 137 cm³/mol. The minimum Gasteiger partial charge on any atom is -0.321 e. The Bertz CT molecular complexity index is 1540. The number of carbonyl (C=O) groups excluding carboxylic acids is 1. The maximum atomic E-state index is 13.1. The second-order valence-corrected chi connectivity index (χ2v) is 10.4. The lowest BCUT2D eigenvalue weighted by Gasteiger charge is -2.13. The average molecular weight is 491 g/mol. The molecule has 4 aromatic rings. The van der Waals surface area contributed by atoms with E-state index in [1.165, 1.54) is 4.68 Å². The molecule has 1 aromatic heterocycles. The van der Waals surface area contributed by atoms with Crippen LogP contribution in [0.1, 0.15) is 29.9 Å². The molecule has 0 saturated heterocycles. The summed E-state index contributed by atoms with van der Waals surface area (Å²) in [6.07, 6.45) is 0. The monoisotopic (exact) mass is 490 g/mol. The number of aromatic nitrogens is 2. The lowest BCUT2D eigenvalue weighted by Crippen LogP contribution is -2.29. The number of nitrogens with one attached hydrogen (secondary N) is 2. The van der Waals surface area contributed by atoms with Crippen LogP contribution in [-0.4, -0.2) is 24.1 Å². The highest BCUT2D eigenvalue weighted by atomic mass is 32.2. The zero-order chi connectivity index (χ0) is 25.2. The first-order valence-corrected chi connectivity index (χ1v) is 12.6. The molecular weight excluding hydrogens is 464 g/mol. The molecule has 35 heavy (non-hydrogen) atoms. The molecule has 0 bridgehead atoms. The van der Waals surface area contributed by atoms with Crippen molar-refractivity contribution in [1.29, 1.82) is 0 Å². The van der Waals surface area contributed by atoms with Crippen molar-refractivity contribution in [1.82, 2.24) is 9.78 Å². The van der Waals surface area contributed by atoms with Gasteiger partial charge in [0, 0.05) is 23.3 Å². The lowest BCUT2D eigenvalue weighted by molar-refractivity contribution is 0.102. The second kappa shape index (κ2) is 9.71. The first-order chi connectivity index (χ1) is 16.6. The Hall–Kier alpha value is -3.98. The summed E-state index contributed by atoms with van der Waals surface area (Å²) in [4.78, 5) is 26.0. The minimum atomic E-state index is -3.73. The highest BCUT2D eigenvalue weighted by Gasteiger charge is 2.18. The maximum absolute atomic E-state index is 13.1. The normalized spacial score (nSPS) is 11.5. The number of hydrogen-bond acceptors (Lipinski definition) is 5. The molecule has 0 aliphatic rings. The molecule has 0 radical (unpaired) electrons. The fourth-order valence-electron chi connectivity index (χ4n) is 3.62. The van der Waals surface area contributed by atoms with Crippen molar-refractivity contribution in [2.24, 2.45) is 5.92 Å². The van der Waals surface area contributed by atoms with Crippen molar-refractivity contribution in [2.45, 2.75) is 32.2 Å². The molecule has 180 valence electrons. The summed E-state index contributed by atoms with van der Waals surface area (Å²) in [5, 5.41) is 8.02. The standard InChI is InChI=1S/C26H26N4O4S/c1-17(2)16-30-26(32)23-7-5-4-6-22(23)24(28-30)25(31)27-19-10-12-20(13-11-19)29-35(33,34)21-14-8-18(3)9-15-21/h4-15,17,29H,16H2,1-3H3,(H,27,31). The number of fused-ring (bicyclic) bond motifs is 1. The summed E-state index contributed by atoms with van der Waals surface area (Å²) < 4.78 is 29.1. The van der Waals surface area contributed by atoms with Crippen LogP contribution < -0.4 is 15.6 Å². The molecule has 0 fully saturated rings. The third kappa shape index (κ3) is 5.41. The Labute approximate surface area is 203 Å². The number of benzene rings is 3. The van der Waals surface area contributed by atoms with Gasteiger partial charge >= 0.3 is 0 Å². The first-order valence-electron chi connectivity index (χ1n) is 11.1. The smallest absolute Gasteiger partial charge is 0.276 e. The molecule has 8 nitrogen and oxygen atoms in total. The van der Waals surface area contributed by atoms with Crippen LogP contribution in [0.3, 0.4) is 0 Å². The molecule has 1 heterocycles. The van der Waals surface area contributed by atoms with E-state index >= 15 is 0 Å². The van der Waals surface area contributed by atoms with E-state index in [1.807, 2.05) is 20.8 Å². The van der Waals surface area contributed by atoms with Crippen LogP contribution in [0, 0.1) is 12.8 Å². The molecule has 3 aromatic carbocycles. The van der Waals surface area contributed by atoms with Gasteiger partial charge in [0.25, 0.3) is 21.5 Å². The fourth-order valence-corrected chi connectivity index (χ4v) is 4.67. The predicted octanol–water partition coefficient (Wildman–Crippen LogP) is 4.41. The number of sulfonamides is 1. The molecule has 0 unspecified atom stereocenters. The van der Waals surface area contributed by atoms with Crippen molar-refractivity contribution >= 4 is 38.1 Å². The van der Waals surface area contributed by atoms with Gasteiger partial charge in [0.2, 0.25) is 0 Å². The van der Waals surface area contributed by atoms with Crippen LogP contribution in [0.25, 0.3) is 10.8 Å². The topological polar surface area (TPSA) is 110 Å². The number of nitrogens with zero attached hydrogens (tertiary/aromatic N) is 2. The van der Waals surface area contributed by atoms with Crippen LogP contribution in [0.2, 0.25) is 0 Å². The van der Waals surface area contributed by atoms with E-state index in [0.717, 1.165) is 5.56 Å². The van der Waals surface area contributed by atoms with E-state index < -0.39 is 15.9 Å². The SMILES string of the molecule is Cc1ccc(S(=O)(=O)Nc2ccc(NC(=O)c3nn(CC(C)C)c(=O)c4ccccc34)cc2)cc1. The number of carbonyl (C=O) groups is 1. The van der Waals surface area contributed by atoms with Gasteiger partial charge in [-0.15, -0.1) is 0 Å². The number of amides is 1. The Kier molecular flexibility index (Phi) is 6.70. The van der Waals surface area contributed by atoms with Gasteiger partial charge in [-0.3, -0.25) is 14.3 Å². The summed E-state index contributed by atoms with van der Waals surface area (Å²) in [6, 6.07) is 19.7. The molecule has 0 atom stereocenters. The average Bonchev–Trinajstić information content (AvgIpc) is 2.82. The van der Waals surface area contributed by atoms with Crippen LogP contribution in [0.4, 0.5) is 11.4 Å². The molecule has 4 rings (SSSR count). The molecule has 0 spiro atoms. The van der Waals surface area contributed by atoms with Crippen molar-refractivity contribution < 1.29 is 13.2 Å². The molecule has 0 aliphatic carbocycles. The Morgan fingerprint density at radius 1 is 0.914 bits per heavy atom. The summed E-state index contributed by atoms with van der Waals surface area (Å²) in [5.41, 5.74) is 1.69. The van der Waals surface area contributed by atoms with Crippen LogP contribution >= 0.6 is 0 Å². The van der Waals surface area contributed by atoms with Crippen LogP contribution in [0.15, 0.2) is 82.5 Å². The van der Waals surface area contributed by atoms with E-state index in [1.54, 1.807) is 72.8 Å². The highest BCUT2D eigenvalue weighted by molar-refractivity contribution is 7.92. The minimum absolute atomic E-state index is 0.144. The Balaban J connectivity index is 1.56. The van der Waals surface area contributed by atoms with E-state index in [4.69, 9.17) is 0 Å². The second-order valence-electron chi connectivity index (χ2n) is 8.73. The van der Waals surface area contributed by atoms with Crippen molar-refractivity contribution in [3.8, 4) is 0 Å². The van der Waals surface area contributed by atoms with E-state index in [9.17, 15) is 18.0 Å². The molecule has 9 heteroatoms. The molecule has 0 aliphatic heterocycles. The van der Waals surface area contributed by atoms with Gasteiger partial charge in [-0.2, -0.15) is 5.10 Å². The summed E-state index contributed by atoms with van der Waals surface area (Å²) in [7, 11) is -3.73. The molecule has 1 amide bonds. The van der Waals surface area contributed by atoms with Gasteiger partial charge in [-0.25, -0.2) is 13.1 Å². The van der Waals surface area contributed by atoms with Gasteiger partial charge in [-0.05, 0) is 55.3 Å². The number of anilines is 2. The highest BCUT2D eigenvalue weighted by Crippen LogP contribution is 2.20. The lowest BCUT2D eigenvalue weighted by atomic mass is 10.1. The molecule has 0 saturated carbocycles. The zero-order valence-electron chi connectivity index (χ0n) is 19.6. The van der Waals surface area contributed by atoms with Gasteiger partial charge in [0.15, 0.2) is 5.69 Å². The van der Waals surface area contributed by atoms with E-state index in [0.29, 0.717) is 28.7 Å². The Morgan fingerprint density at radius 2 is 1.51 bits per heavy atom. The largest absolute Gasteiger partial charge is 0.321 e. The molecular formula is C26H26N4O4S. The van der Waals surface area contributed by atoms with E-state index in [2.05, 4.69) is 15.1 Å². The fraction of sp³-hybridized carbons (Fsp3) is 0.192. The van der Waals surface area contributed by atoms with Crippen LogP contribution in [-0.2, 0) is 16.6 Å². The first kappa shape index (κ1) is 24.2. The maximum Gasteiger partial charge on any atom is 0.276 e. The van der Waals surface area contributed by atoms with E-state index in [-0.39, 0.29) is 22.1 Å². The number of aryl methyl sites for hydroxylation is 1. The van der Waals surface area contributed by atoms with Gasteiger partial charge in [-0.1, -0.05) is 49.7 Å². The zero-order valence-corrected chi connectivity index (χ0v) is 20.5. The summed E-state index contributed by atoms with van der Waals surface area (Å²) in [6.45, 7) is 6.21. The van der Waals surface area contributed by atoms with Gasteiger partial charge < -0.3 is 5.32 Å². The Morgan fingerprint density at radius 3 is 2.14 bits per heavy atom. The summed E-state index contributed by atoms with van der Waals surface area (Å²) >= 11 is 0. The third-order valence-corrected chi connectivity index (χ3v) is 6.74. The van der Waals surface area contributed by atoms with Crippen molar-refractivity contribution in [2.75, 3.05) is 10.0 Å². The van der Waals surface area contributed by atoms with Crippen molar-refractivity contribution in [3.05, 3.63) is 94.4 Å². The van der Waals surface area contributed by atoms with Gasteiger partial charge in [0.1, 0.15) is 0 Å².